The van der Waals surface area contributed by atoms with E-state index in [0.29, 0.717) is 10.8 Å². The minimum atomic E-state index is -3.35. The summed E-state index contributed by atoms with van der Waals surface area (Å²) in [6, 6.07) is 3.35. The van der Waals surface area contributed by atoms with E-state index in [9.17, 15) is 8.42 Å². The lowest BCUT2D eigenvalue weighted by atomic mass is 10.4. The van der Waals surface area contributed by atoms with Crippen molar-refractivity contribution in [3.63, 3.8) is 0 Å². The average Bonchev–Trinajstić information content (AvgIpc) is 2.78. The molecule has 2 heterocycles. The molecule has 0 saturated carbocycles. The molecule has 0 aromatic carbocycles. The summed E-state index contributed by atoms with van der Waals surface area (Å²) in [7, 11) is -3.35. The van der Waals surface area contributed by atoms with Crippen LogP contribution in [-0.4, -0.2) is 47.8 Å². The molecule has 2 N–H and O–H groups in total. The summed E-state index contributed by atoms with van der Waals surface area (Å²) in [6.45, 7) is 4.70. The molecule has 0 aliphatic carbocycles. The zero-order valence-corrected chi connectivity index (χ0v) is 13.0. The van der Waals surface area contributed by atoms with Crippen molar-refractivity contribution >= 4 is 37.3 Å². The van der Waals surface area contributed by atoms with E-state index in [-0.39, 0.29) is 0 Å². The van der Waals surface area contributed by atoms with Crippen molar-refractivity contribution in [2.45, 2.75) is 4.21 Å². The van der Waals surface area contributed by atoms with Crippen molar-refractivity contribution in [1.82, 2.24) is 4.72 Å². The quantitative estimate of drug-likeness (QED) is 0.762. The summed E-state index contributed by atoms with van der Waals surface area (Å²) in [4.78, 5) is 1.39. The van der Waals surface area contributed by atoms with Gasteiger partial charge in [0.15, 0.2) is 0 Å². The molecule has 0 spiro atoms. The number of morpholine rings is 1. The first-order valence-electron chi connectivity index (χ1n) is 5.74. The molecule has 2 rings (SSSR count). The second-order valence-corrected chi connectivity index (χ2v) is 8.53. The first-order chi connectivity index (χ1) is 8.58. The number of sulfonamides is 1. The van der Waals surface area contributed by atoms with Crippen LogP contribution in [-0.2, 0) is 14.8 Å². The van der Waals surface area contributed by atoms with Crippen LogP contribution in [0.2, 0.25) is 0 Å². The van der Waals surface area contributed by atoms with E-state index >= 15 is 0 Å². The van der Waals surface area contributed by atoms with Crippen molar-refractivity contribution in [2.75, 3.05) is 39.4 Å². The number of quaternary nitrogens is 1. The minimum absolute atomic E-state index is 0.353. The zero-order valence-electron chi connectivity index (χ0n) is 9.82. The Balaban J connectivity index is 1.82. The Bertz CT molecular complexity index is 483. The van der Waals surface area contributed by atoms with Crippen molar-refractivity contribution in [3.05, 3.63) is 15.9 Å². The van der Waals surface area contributed by atoms with Gasteiger partial charge in [0.1, 0.15) is 17.3 Å². The normalized spacial score (nSPS) is 18.1. The summed E-state index contributed by atoms with van der Waals surface area (Å²) >= 11 is 4.48. The topological polar surface area (TPSA) is 59.8 Å². The largest absolute Gasteiger partial charge is 0.370 e. The maximum atomic E-state index is 11.9. The molecule has 5 nitrogen and oxygen atoms in total. The third-order valence-electron chi connectivity index (χ3n) is 2.78. The van der Waals surface area contributed by atoms with Gasteiger partial charge < -0.3 is 9.64 Å². The van der Waals surface area contributed by atoms with Gasteiger partial charge in [0.2, 0.25) is 10.0 Å². The van der Waals surface area contributed by atoms with E-state index < -0.39 is 10.0 Å². The van der Waals surface area contributed by atoms with Gasteiger partial charge in [-0.3, -0.25) is 0 Å². The summed E-state index contributed by atoms with van der Waals surface area (Å²) in [5.41, 5.74) is 0. The summed E-state index contributed by atoms with van der Waals surface area (Å²) in [5.74, 6) is 0. The van der Waals surface area contributed by atoms with Crippen LogP contribution in [0.25, 0.3) is 0 Å². The second kappa shape index (κ2) is 6.44. The molecule has 0 unspecified atom stereocenters. The highest BCUT2D eigenvalue weighted by Gasteiger charge is 2.18. The van der Waals surface area contributed by atoms with E-state index in [1.54, 1.807) is 12.1 Å². The summed E-state index contributed by atoms with van der Waals surface area (Å²) in [6.07, 6.45) is 0. The fourth-order valence-corrected chi connectivity index (χ4v) is 4.87. The van der Waals surface area contributed by atoms with Gasteiger partial charge in [-0.25, -0.2) is 13.1 Å². The fourth-order valence-electron chi connectivity index (χ4n) is 1.79. The predicted octanol–water partition coefficient (Wildman–Crippen LogP) is -0.296. The van der Waals surface area contributed by atoms with E-state index in [1.807, 2.05) is 0 Å². The highest BCUT2D eigenvalue weighted by atomic mass is 79.9. The maximum absolute atomic E-state index is 11.9. The summed E-state index contributed by atoms with van der Waals surface area (Å²) in [5, 5.41) is 0. The number of nitrogens with one attached hydrogen (secondary N) is 2. The van der Waals surface area contributed by atoms with Gasteiger partial charge in [-0.1, -0.05) is 0 Å². The monoisotopic (exact) mass is 355 g/mol. The van der Waals surface area contributed by atoms with E-state index in [2.05, 4.69) is 20.7 Å². The van der Waals surface area contributed by atoms with Gasteiger partial charge >= 0.3 is 0 Å². The van der Waals surface area contributed by atoms with Crippen LogP contribution in [0.3, 0.4) is 0 Å². The number of hydrogen-bond donors (Lipinski definition) is 2. The van der Waals surface area contributed by atoms with Crippen LogP contribution in [0.1, 0.15) is 0 Å². The van der Waals surface area contributed by atoms with E-state index in [0.717, 1.165) is 36.6 Å². The fraction of sp³-hybridized carbons (Fsp3) is 0.600. The van der Waals surface area contributed by atoms with Gasteiger partial charge in [0.05, 0.1) is 30.1 Å². The number of ether oxygens (including phenoxy) is 1. The Kier molecular flexibility index (Phi) is 5.16. The molecule has 0 bridgehead atoms. The smallest absolute Gasteiger partial charge is 0.250 e. The molecule has 102 valence electrons. The first kappa shape index (κ1) is 14.4. The van der Waals surface area contributed by atoms with Crippen LogP contribution in [0.15, 0.2) is 20.1 Å². The van der Waals surface area contributed by atoms with Crippen LogP contribution in [0.5, 0.6) is 0 Å². The molecule has 1 aliphatic rings. The molecule has 1 fully saturated rings. The van der Waals surface area contributed by atoms with Crippen molar-refractivity contribution in [1.29, 1.82) is 0 Å². The minimum Gasteiger partial charge on any atom is -0.370 e. The lowest BCUT2D eigenvalue weighted by Crippen LogP contribution is -3.14. The third kappa shape index (κ3) is 4.01. The van der Waals surface area contributed by atoms with E-state index in [4.69, 9.17) is 4.74 Å². The third-order valence-corrected chi connectivity index (χ3v) is 6.36. The number of hydrogen-bond acceptors (Lipinski definition) is 4. The van der Waals surface area contributed by atoms with Crippen LogP contribution in [0.4, 0.5) is 0 Å². The molecule has 1 saturated heterocycles. The van der Waals surface area contributed by atoms with Crippen molar-refractivity contribution in [3.8, 4) is 0 Å². The first-order valence-corrected chi connectivity index (χ1v) is 8.83. The standard InChI is InChI=1S/C10H15BrN2O3S2/c11-9-1-2-10(17-9)18(14,15)12-3-4-13-5-7-16-8-6-13/h1-2,12H,3-8H2/p+1. The van der Waals surface area contributed by atoms with Gasteiger partial charge in [0.25, 0.3) is 0 Å². The van der Waals surface area contributed by atoms with Gasteiger partial charge in [-0.05, 0) is 28.1 Å². The zero-order chi connectivity index (χ0) is 13.0. The number of halogens is 1. The van der Waals surface area contributed by atoms with Crippen molar-refractivity contribution in [2.24, 2.45) is 0 Å². The lowest BCUT2D eigenvalue weighted by Gasteiger charge is -2.23. The molecule has 8 heteroatoms. The number of rotatable bonds is 5. The van der Waals surface area contributed by atoms with Crippen molar-refractivity contribution < 1.29 is 18.1 Å². The molecular weight excluding hydrogens is 340 g/mol. The van der Waals surface area contributed by atoms with Crippen LogP contribution in [0, 0.1) is 0 Å². The lowest BCUT2D eigenvalue weighted by molar-refractivity contribution is -0.906. The molecule has 0 radical (unpaired) electrons. The second-order valence-electron chi connectivity index (χ2n) is 4.07. The van der Waals surface area contributed by atoms with Crippen LogP contribution < -0.4 is 9.62 Å². The predicted molar refractivity (Wildman–Crippen MR) is 73.6 cm³/mol. The highest BCUT2D eigenvalue weighted by Crippen LogP contribution is 2.25. The SMILES string of the molecule is O=S(=O)(NCC[NH+]1CCOCC1)c1ccc(Br)s1. The molecule has 1 aliphatic heterocycles. The highest BCUT2D eigenvalue weighted by molar-refractivity contribution is 9.11. The molecular formula is C10H16BrN2O3S2+. The molecule has 18 heavy (non-hydrogen) atoms. The Labute approximate surface area is 119 Å². The van der Waals surface area contributed by atoms with Gasteiger partial charge in [-0.2, -0.15) is 0 Å². The Morgan fingerprint density at radius 1 is 1.39 bits per heavy atom. The average molecular weight is 356 g/mol. The number of thiophene rings is 1. The molecule has 1 aromatic heterocycles. The van der Waals surface area contributed by atoms with Crippen LogP contribution >= 0.6 is 27.3 Å². The van der Waals surface area contributed by atoms with Gasteiger partial charge in [0, 0.05) is 0 Å². The maximum Gasteiger partial charge on any atom is 0.250 e. The Morgan fingerprint density at radius 3 is 2.72 bits per heavy atom. The van der Waals surface area contributed by atoms with E-state index in [1.165, 1.54) is 16.2 Å². The molecule has 0 atom stereocenters. The Morgan fingerprint density at radius 2 is 2.11 bits per heavy atom. The molecule has 1 aromatic rings. The summed E-state index contributed by atoms with van der Waals surface area (Å²) < 4.78 is 32.9. The van der Waals surface area contributed by atoms with Gasteiger partial charge in [-0.15, -0.1) is 11.3 Å². The molecule has 0 amide bonds. The Hall–Kier alpha value is 0.01000.